The molecule has 12 heterocycles. The van der Waals surface area contributed by atoms with E-state index in [-0.39, 0.29) is 5.43 Å². The van der Waals surface area contributed by atoms with Crippen LogP contribution in [0.2, 0.25) is 0 Å². The normalized spacial score (nSPS) is 9.95. The lowest BCUT2D eigenvalue weighted by Crippen LogP contribution is -2.04. The molecular weight excluding hydrogens is 1440 g/mol. The monoisotopic (exact) mass is 1540 g/mol. The molecule has 0 N–H and O–H groups in total. The molecule has 0 radical (unpaired) electrons. The van der Waals surface area contributed by atoms with Crippen molar-refractivity contribution in [3.8, 4) is 6.07 Å². The Balaban J connectivity index is 0.000000255. The number of halogens is 2. The maximum atomic E-state index is 11.3. The van der Waals surface area contributed by atoms with Crippen molar-refractivity contribution in [1.29, 1.82) is 5.26 Å². The Labute approximate surface area is 654 Å². The fourth-order valence-electron chi connectivity index (χ4n) is 9.82. The molecule has 12 aromatic heterocycles. The third-order valence-electron chi connectivity index (χ3n) is 15.0. The zero-order valence-corrected chi connectivity index (χ0v) is 68.4. The van der Waals surface area contributed by atoms with Crippen LogP contribution >= 0.6 is 11.3 Å². The van der Waals surface area contributed by atoms with Gasteiger partial charge >= 0.3 is 0 Å². The lowest BCUT2D eigenvalue weighted by Gasteiger charge is -2.02. The number of pyridine rings is 4. The average Bonchev–Trinajstić information content (AvgIpc) is 1.74. The summed E-state index contributed by atoms with van der Waals surface area (Å²) in [5.74, 6) is -0.926. The van der Waals surface area contributed by atoms with Crippen LogP contribution < -0.4 is 5.43 Å². The van der Waals surface area contributed by atoms with E-state index in [1.807, 2.05) is 160 Å². The van der Waals surface area contributed by atoms with Crippen LogP contribution in [0.1, 0.15) is 70.8 Å². The number of alkyl halides is 2. The van der Waals surface area contributed by atoms with Crippen LogP contribution in [-0.4, -0.2) is 94.9 Å². The second-order valence-corrected chi connectivity index (χ2v) is 28.8. The molecule has 17 rings (SSSR count). The Morgan fingerprint density at radius 2 is 1.05 bits per heavy atom. The molecule has 0 saturated carbocycles. The summed E-state index contributed by atoms with van der Waals surface area (Å²) in [6, 6.07) is 54.1. The van der Waals surface area contributed by atoms with Crippen molar-refractivity contribution in [2.24, 2.45) is 35.2 Å². The summed E-state index contributed by atoms with van der Waals surface area (Å²) in [4.78, 5) is 35.3. The number of nitrogens with zero attached hydrogens (tertiary/aromatic N) is 15. The third-order valence-corrected chi connectivity index (χ3v) is 15.7. The first-order valence-corrected chi connectivity index (χ1v) is 38.1. The molecule has 0 bridgehead atoms. The van der Waals surface area contributed by atoms with Gasteiger partial charge in [-0.1, -0.05) is 90.1 Å². The van der Waals surface area contributed by atoms with Gasteiger partial charge in [-0.15, -0.1) is 11.3 Å². The molecule has 0 spiro atoms. The first kappa shape index (κ1) is 90.9. The van der Waals surface area contributed by atoms with Crippen LogP contribution in [0.5, 0.6) is 0 Å². The first-order chi connectivity index (χ1) is 52.8. The molecule has 0 saturated heterocycles. The summed E-state index contributed by atoms with van der Waals surface area (Å²) in [6.45, 7) is 21.3. The van der Waals surface area contributed by atoms with E-state index in [9.17, 15) is 22.0 Å². The molecule has 17 aromatic rings. The Kier molecular flexibility index (Phi) is 39.4. The highest BCUT2D eigenvalue weighted by Crippen LogP contribution is 2.21. The van der Waals surface area contributed by atoms with Gasteiger partial charge in [0.15, 0.2) is 11.3 Å². The van der Waals surface area contributed by atoms with Gasteiger partial charge in [0.1, 0.15) is 21.9 Å². The number of hydrogen-bond donors (Lipinski definition) is 0. The van der Waals surface area contributed by atoms with Crippen molar-refractivity contribution in [2.75, 3.05) is 12.5 Å². The number of para-hydroxylation sites is 3. The molecule has 0 aliphatic heterocycles. The maximum absolute atomic E-state index is 11.3. The minimum absolute atomic E-state index is 0.0868. The molecule has 0 aliphatic carbocycles. The summed E-state index contributed by atoms with van der Waals surface area (Å²) in [7, 11) is 7.43. The standard InChI is InChI=1S/C11H10.C10H9NO.C10H11N.2C9H10N2.C8H8N2.C6H7N.C5H6N2.2C4H5NO.C4H5NS.C3H6F2.C2H3N.C2H6O2S/c1-9-5-4-7-10-6-2-3-8-11(9)10;1-11-7-6-10(12)8-4-2-3-5-9(8)11;1-8-4-3-5-10-9(8)6-7-11(10)2;1-7-6-11(2)9-3-4-10-5-8(7)9;1-7-5-10-6-8-3-4-11(2)9(7)8;1-10-6-9-7-4-2-3-5-8(7)10;1-6-3-2-4-7-5-6;1-5-2-3-6-7-4-5;1-4-5-2-3-6-4;1-4-2-3-5-6-4;1-4-5-2-3-6-4;1-3(2,4)5;1-2-3;1-5(2,3)4/h2-8H,1H3;2-7H,1H3;3-7H,1-2H3;2*3-6H,1-2H3;2-6H,1H3;2-5H,1H3;2-4H,1H3;3*2-3H,1H3;1-2H3;1H3;1-2H3. The second-order valence-electron chi connectivity index (χ2n) is 25.4. The molecule has 0 aliphatic rings. The predicted molar refractivity (Wildman–Crippen MR) is 451 cm³/mol. The molecule has 20 nitrogen and oxygen atoms in total. The fourth-order valence-corrected chi connectivity index (χ4v) is 10.3. The topological polar surface area (TPSA) is 242 Å². The summed E-state index contributed by atoms with van der Waals surface area (Å²) in [5, 5.41) is 28.4. The number of rotatable bonds is 0. The number of imidazole rings is 1. The zero-order valence-electron chi connectivity index (χ0n) is 66.7. The molecular formula is C87H101F2N15O5S2. The van der Waals surface area contributed by atoms with Crippen LogP contribution in [0, 0.1) is 73.6 Å². The predicted octanol–water partition coefficient (Wildman–Crippen LogP) is 20.0. The van der Waals surface area contributed by atoms with E-state index in [1.54, 1.807) is 86.1 Å². The quantitative estimate of drug-likeness (QED) is 0.137. The van der Waals surface area contributed by atoms with Gasteiger partial charge in [-0.05, 0) is 174 Å². The van der Waals surface area contributed by atoms with E-state index >= 15 is 0 Å². The SMILES string of the molecule is CC#N.CC(C)(F)F.CS(C)(=O)=O.Cc1cccc2c1ccn2C.Cc1cccc2ccccc12.Cc1cccnc1.Cc1ccnnc1.Cc1ccno1.Cc1cn(C)c2ccncc12.Cc1cncc2ccn(C)c12.Cc1ncco1.Cc1nccs1.Cn1ccc(=O)c2ccccc21.Cn1cnc2ccccc21. The molecule has 0 unspecified atom stereocenters. The summed E-state index contributed by atoms with van der Waals surface area (Å²) < 4.78 is 60.9. The number of aryl methyl sites for hydroxylation is 14. The second kappa shape index (κ2) is 48.1. The Hall–Kier alpha value is -12.5. The van der Waals surface area contributed by atoms with Crippen LogP contribution in [0.15, 0.2) is 282 Å². The lowest BCUT2D eigenvalue weighted by atomic mass is 10.1. The largest absolute Gasteiger partial charge is 0.449 e. The van der Waals surface area contributed by atoms with Gasteiger partial charge in [0.25, 0.3) is 0 Å². The van der Waals surface area contributed by atoms with Crippen molar-refractivity contribution in [2.45, 2.75) is 89.0 Å². The van der Waals surface area contributed by atoms with Crippen LogP contribution in [0.4, 0.5) is 8.78 Å². The van der Waals surface area contributed by atoms with Gasteiger partial charge in [0, 0.05) is 181 Å². The molecule has 0 atom stereocenters. The van der Waals surface area contributed by atoms with E-state index in [2.05, 4.69) is 210 Å². The highest BCUT2D eigenvalue weighted by atomic mass is 32.2. The van der Waals surface area contributed by atoms with E-state index in [0.29, 0.717) is 0 Å². The van der Waals surface area contributed by atoms with E-state index < -0.39 is 15.8 Å². The molecule has 0 fully saturated rings. The van der Waals surface area contributed by atoms with Crippen molar-refractivity contribution in [3.05, 3.63) is 329 Å². The van der Waals surface area contributed by atoms with Gasteiger partial charge in [-0.2, -0.15) is 15.5 Å². The number of aromatic nitrogens is 14. The highest BCUT2D eigenvalue weighted by Gasteiger charge is 2.09. The third kappa shape index (κ3) is 35.4. The Bertz CT molecular complexity index is 5480. The number of oxazole rings is 1. The van der Waals surface area contributed by atoms with E-state index in [4.69, 9.17) is 9.68 Å². The maximum Gasteiger partial charge on any atom is 0.242 e. The number of nitriles is 1. The molecule has 580 valence electrons. The highest BCUT2D eigenvalue weighted by molar-refractivity contribution is 7.89. The van der Waals surface area contributed by atoms with E-state index in [0.717, 1.165) is 65.0 Å². The Morgan fingerprint density at radius 3 is 1.53 bits per heavy atom. The number of sulfone groups is 1. The number of fused-ring (bicyclic) bond motifs is 6. The molecule has 24 heteroatoms. The van der Waals surface area contributed by atoms with Gasteiger partial charge in [-0.25, -0.2) is 27.2 Å². The minimum Gasteiger partial charge on any atom is -0.449 e. The molecule has 111 heavy (non-hydrogen) atoms. The summed E-state index contributed by atoms with van der Waals surface area (Å²) >= 11 is 1.67. The van der Waals surface area contributed by atoms with Crippen LogP contribution in [-0.2, 0) is 45.1 Å². The summed E-state index contributed by atoms with van der Waals surface area (Å²) in [6.07, 6.45) is 33.3. The van der Waals surface area contributed by atoms with Crippen molar-refractivity contribution < 1.29 is 26.1 Å². The van der Waals surface area contributed by atoms with E-state index in [1.165, 1.54) is 83.7 Å². The van der Waals surface area contributed by atoms with Crippen LogP contribution in [0.3, 0.4) is 0 Å². The first-order valence-electron chi connectivity index (χ1n) is 34.9. The van der Waals surface area contributed by atoms with Gasteiger partial charge < -0.3 is 31.8 Å². The molecule has 0 amide bonds. The number of benzene rings is 5. The number of hydrogen-bond acceptors (Lipinski definition) is 16. The lowest BCUT2D eigenvalue weighted by molar-refractivity contribution is 0.0437. The smallest absolute Gasteiger partial charge is 0.242 e. The van der Waals surface area contributed by atoms with Crippen molar-refractivity contribution in [1.82, 2.24) is 68.1 Å². The zero-order chi connectivity index (χ0) is 81.9. The minimum atomic E-state index is -2.67. The Morgan fingerprint density at radius 1 is 0.477 bits per heavy atom. The van der Waals surface area contributed by atoms with Gasteiger partial charge in [0.05, 0.1) is 63.6 Å². The molecule has 5 aromatic carbocycles. The van der Waals surface area contributed by atoms with Crippen LogP contribution in [0.25, 0.3) is 65.4 Å². The van der Waals surface area contributed by atoms with Crippen molar-refractivity contribution >= 4 is 86.6 Å². The fraction of sp³-hybridized carbons (Fsp3) is 0.230. The van der Waals surface area contributed by atoms with Gasteiger partial charge in [0.2, 0.25) is 5.92 Å². The average molecular weight is 1540 g/mol. The van der Waals surface area contributed by atoms with Crippen molar-refractivity contribution in [3.63, 3.8) is 0 Å². The van der Waals surface area contributed by atoms with Gasteiger partial charge in [-0.3, -0.25) is 24.7 Å². The summed E-state index contributed by atoms with van der Waals surface area (Å²) in [5.41, 5.74) is 14.7. The number of thiazole rings is 1.